The van der Waals surface area contributed by atoms with E-state index in [1.165, 1.54) is 0 Å². The topological polar surface area (TPSA) is 56.5 Å². The number of halogens is 2. The van der Waals surface area contributed by atoms with Crippen LogP contribution in [0.25, 0.3) is 11.0 Å². The van der Waals surface area contributed by atoms with Crippen molar-refractivity contribution in [2.75, 3.05) is 0 Å². The lowest BCUT2D eigenvalue weighted by atomic mass is 9.99. The first-order valence-corrected chi connectivity index (χ1v) is 8.78. The molecule has 6 heteroatoms. The van der Waals surface area contributed by atoms with Gasteiger partial charge in [-0.1, -0.05) is 38.8 Å². The normalized spacial score (nSPS) is 10.8. The molecule has 0 atom stereocenters. The number of carbonyl (C=O) groups excluding carboxylic acids is 2. The molecule has 122 valence electrons. The van der Waals surface area contributed by atoms with Crippen LogP contribution in [-0.2, 0) is 11.2 Å². The number of hydrogen-bond donors (Lipinski definition) is 0. The van der Waals surface area contributed by atoms with Gasteiger partial charge in [-0.15, -0.1) is 0 Å². The molecular formula is C18H12Br2O4. The third-order valence-electron chi connectivity index (χ3n) is 3.59. The van der Waals surface area contributed by atoms with Crippen molar-refractivity contribution < 1.29 is 18.7 Å². The second kappa shape index (κ2) is 6.91. The van der Waals surface area contributed by atoms with Gasteiger partial charge in [-0.3, -0.25) is 9.59 Å². The lowest BCUT2D eigenvalue weighted by molar-refractivity contribution is -0.120. The second-order valence-electron chi connectivity index (χ2n) is 5.11. The molecule has 0 amide bonds. The number of fused-ring (bicyclic) bond motifs is 1. The van der Waals surface area contributed by atoms with E-state index in [4.69, 9.17) is 9.15 Å². The fraction of sp³-hybridized carbons (Fsp3) is 0.111. The lowest BCUT2D eigenvalue weighted by Gasteiger charge is -2.04. The van der Waals surface area contributed by atoms with Gasteiger partial charge in [-0.05, 0) is 30.3 Å². The van der Waals surface area contributed by atoms with Crippen LogP contribution in [0.4, 0.5) is 0 Å². The molecule has 0 aliphatic carbocycles. The summed E-state index contributed by atoms with van der Waals surface area (Å²) in [5.41, 5.74) is 1.61. The van der Waals surface area contributed by atoms with E-state index in [0.29, 0.717) is 46.5 Å². The molecule has 0 radical (unpaired) electrons. The maximum Gasteiger partial charge on any atom is 0.298 e. The monoisotopic (exact) mass is 450 g/mol. The van der Waals surface area contributed by atoms with Crippen LogP contribution in [0.15, 0.2) is 49.8 Å². The van der Waals surface area contributed by atoms with Crippen molar-refractivity contribution in [2.24, 2.45) is 0 Å². The summed E-state index contributed by atoms with van der Waals surface area (Å²) in [4.78, 5) is 23.5. The van der Waals surface area contributed by atoms with Crippen LogP contribution < -0.4 is 4.74 Å². The molecular weight excluding hydrogens is 440 g/mol. The van der Waals surface area contributed by atoms with Gasteiger partial charge in [0, 0.05) is 32.4 Å². The zero-order chi connectivity index (χ0) is 17.3. The van der Waals surface area contributed by atoms with Crippen molar-refractivity contribution in [3.8, 4) is 5.75 Å². The van der Waals surface area contributed by atoms with E-state index in [1.54, 1.807) is 30.3 Å². The molecule has 0 saturated heterocycles. The van der Waals surface area contributed by atoms with Crippen molar-refractivity contribution in [2.45, 2.75) is 13.3 Å². The average molecular weight is 452 g/mol. The summed E-state index contributed by atoms with van der Waals surface area (Å²) >= 11 is 6.80. The molecule has 1 heterocycles. The molecule has 0 unspecified atom stereocenters. The van der Waals surface area contributed by atoms with Gasteiger partial charge >= 0.3 is 0 Å². The number of ether oxygens (including phenoxy) is 1. The van der Waals surface area contributed by atoms with Gasteiger partial charge in [0.15, 0.2) is 5.78 Å². The zero-order valence-electron chi connectivity index (χ0n) is 12.6. The van der Waals surface area contributed by atoms with Gasteiger partial charge in [0.2, 0.25) is 0 Å². The Bertz CT molecular complexity index is 923. The fourth-order valence-corrected chi connectivity index (χ4v) is 3.88. The molecule has 0 fully saturated rings. The molecule has 1 aromatic heterocycles. The molecule has 0 saturated carbocycles. The maximum absolute atomic E-state index is 13.0. The number of ketones is 1. The van der Waals surface area contributed by atoms with Crippen LogP contribution in [0.2, 0.25) is 0 Å². The fourth-order valence-electron chi connectivity index (χ4n) is 2.58. The van der Waals surface area contributed by atoms with Crippen LogP contribution in [-0.4, -0.2) is 12.3 Å². The molecule has 3 rings (SSSR count). The number of furan rings is 1. The summed E-state index contributed by atoms with van der Waals surface area (Å²) in [5, 5.41) is 0.700. The molecule has 4 nitrogen and oxygen atoms in total. The zero-order valence-corrected chi connectivity index (χ0v) is 15.8. The van der Waals surface area contributed by atoms with E-state index < -0.39 is 0 Å². The highest BCUT2D eigenvalue weighted by Gasteiger charge is 2.22. The van der Waals surface area contributed by atoms with Crippen LogP contribution in [0.5, 0.6) is 5.75 Å². The van der Waals surface area contributed by atoms with Crippen molar-refractivity contribution in [1.29, 1.82) is 0 Å². The number of benzene rings is 2. The van der Waals surface area contributed by atoms with Gasteiger partial charge in [0.25, 0.3) is 6.47 Å². The van der Waals surface area contributed by atoms with E-state index >= 15 is 0 Å². The molecule has 0 aliphatic rings. The van der Waals surface area contributed by atoms with Gasteiger partial charge in [0.05, 0.1) is 5.56 Å². The lowest BCUT2D eigenvalue weighted by Crippen LogP contribution is -2.03. The predicted molar refractivity (Wildman–Crippen MR) is 97.6 cm³/mol. The minimum atomic E-state index is -0.114. The Morgan fingerprint density at radius 1 is 1.17 bits per heavy atom. The molecule has 2 aromatic carbocycles. The summed E-state index contributed by atoms with van der Waals surface area (Å²) in [6, 6.07) is 10.4. The largest absolute Gasteiger partial charge is 0.460 e. The number of rotatable bonds is 5. The molecule has 0 aliphatic heterocycles. The van der Waals surface area contributed by atoms with Crippen molar-refractivity contribution >= 4 is 55.1 Å². The van der Waals surface area contributed by atoms with Crippen molar-refractivity contribution in [3.63, 3.8) is 0 Å². The second-order valence-corrected chi connectivity index (χ2v) is 6.94. The first kappa shape index (κ1) is 16.9. The molecule has 3 aromatic rings. The minimum Gasteiger partial charge on any atom is -0.460 e. The summed E-state index contributed by atoms with van der Waals surface area (Å²) < 4.78 is 12.3. The van der Waals surface area contributed by atoms with Gasteiger partial charge in [-0.25, -0.2) is 0 Å². The van der Waals surface area contributed by atoms with E-state index in [9.17, 15) is 9.59 Å². The van der Waals surface area contributed by atoms with Crippen LogP contribution >= 0.6 is 31.9 Å². The van der Waals surface area contributed by atoms with E-state index in [2.05, 4.69) is 31.9 Å². The Labute approximate surface area is 155 Å². The number of hydrogen-bond acceptors (Lipinski definition) is 4. The third kappa shape index (κ3) is 3.16. The summed E-state index contributed by atoms with van der Waals surface area (Å²) in [6.07, 6.45) is 0.578. The smallest absolute Gasteiger partial charge is 0.298 e. The molecule has 0 spiro atoms. The first-order chi connectivity index (χ1) is 11.5. The quantitative estimate of drug-likeness (QED) is 0.390. The van der Waals surface area contributed by atoms with Gasteiger partial charge in [0.1, 0.15) is 17.1 Å². The van der Waals surface area contributed by atoms with Crippen LogP contribution in [0, 0.1) is 0 Å². The van der Waals surface area contributed by atoms with Crippen LogP contribution in [0.3, 0.4) is 0 Å². The Morgan fingerprint density at radius 2 is 1.88 bits per heavy atom. The highest BCUT2D eigenvalue weighted by Crippen LogP contribution is 2.32. The van der Waals surface area contributed by atoms with E-state index in [0.717, 1.165) is 8.95 Å². The molecule has 0 N–H and O–H groups in total. The summed E-state index contributed by atoms with van der Waals surface area (Å²) in [6.45, 7) is 2.28. The number of carbonyl (C=O) groups is 2. The average Bonchev–Trinajstić information content (AvgIpc) is 2.91. The van der Waals surface area contributed by atoms with Crippen molar-refractivity contribution in [3.05, 3.63) is 62.2 Å². The van der Waals surface area contributed by atoms with Crippen molar-refractivity contribution in [1.82, 2.24) is 0 Å². The van der Waals surface area contributed by atoms with E-state index in [-0.39, 0.29) is 5.78 Å². The predicted octanol–water partition coefficient (Wildman–Crippen LogP) is 5.29. The van der Waals surface area contributed by atoms with Crippen LogP contribution in [0.1, 0.15) is 28.6 Å². The maximum atomic E-state index is 13.0. The highest BCUT2D eigenvalue weighted by molar-refractivity contribution is 9.11. The first-order valence-electron chi connectivity index (χ1n) is 7.20. The van der Waals surface area contributed by atoms with Gasteiger partial charge in [-0.2, -0.15) is 0 Å². The third-order valence-corrected chi connectivity index (χ3v) is 4.51. The Balaban J connectivity index is 2.16. The molecule has 0 bridgehead atoms. The summed E-state index contributed by atoms with van der Waals surface area (Å²) in [7, 11) is 0. The summed E-state index contributed by atoms with van der Waals surface area (Å²) in [5.74, 6) is 0.865. The standard InChI is InChI=1S/C18H12Br2O4/c1-2-15-17(18(22)10-5-11(19)7-12(20)6-10)14-4-3-13(23-9-21)8-16(14)24-15/h3-9H,2H2,1H3. The minimum absolute atomic E-state index is 0.114. The Morgan fingerprint density at radius 3 is 2.50 bits per heavy atom. The van der Waals surface area contributed by atoms with Gasteiger partial charge < -0.3 is 9.15 Å². The highest BCUT2D eigenvalue weighted by atomic mass is 79.9. The Kier molecular flexibility index (Phi) is 4.87. The molecule has 24 heavy (non-hydrogen) atoms. The van der Waals surface area contributed by atoms with E-state index in [1.807, 2.05) is 13.0 Å². The SMILES string of the molecule is CCc1oc2cc(OC=O)ccc2c1C(=O)c1cc(Br)cc(Br)c1. The Hall–Kier alpha value is -1.92. The number of aryl methyl sites for hydroxylation is 1.